The van der Waals surface area contributed by atoms with Crippen LogP contribution in [0.5, 0.6) is 5.75 Å². The molecule has 3 rings (SSSR count). The molecule has 0 aromatic heterocycles. The third kappa shape index (κ3) is 3.71. The van der Waals surface area contributed by atoms with Crippen molar-refractivity contribution >= 4 is 16.7 Å². The molecule has 0 saturated heterocycles. The molecule has 0 fully saturated rings. The SMILES string of the molecule is CC(Oc1cccc2ccccc12)C(=O)NCc1ccc(F)cc1. The summed E-state index contributed by atoms with van der Waals surface area (Å²) in [6.45, 7) is 2.05. The minimum atomic E-state index is -0.628. The molecule has 0 aliphatic carbocycles. The third-order valence-corrected chi connectivity index (χ3v) is 3.80. The fourth-order valence-electron chi connectivity index (χ4n) is 2.48. The molecule has 4 heteroatoms. The van der Waals surface area contributed by atoms with Crippen molar-refractivity contribution in [3.8, 4) is 5.75 Å². The van der Waals surface area contributed by atoms with E-state index in [0.717, 1.165) is 16.3 Å². The molecule has 0 spiro atoms. The van der Waals surface area contributed by atoms with Crippen LogP contribution in [0.2, 0.25) is 0 Å². The van der Waals surface area contributed by atoms with Crippen LogP contribution in [0.25, 0.3) is 10.8 Å². The van der Waals surface area contributed by atoms with E-state index in [2.05, 4.69) is 5.32 Å². The summed E-state index contributed by atoms with van der Waals surface area (Å²) in [6.07, 6.45) is -0.628. The molecule has 0 saturated carbocycles. The lowest BCUT2D eigenvalue weighted by molar-refractivity contribution is -0.127. The number of nitrogens with one attached hydrogen (secondary N) is 1. The maximum Gasteiger partial charge on any atom is 0.261 e. The molecule has 1 amide bonds. The maximum absolute atomic E-state index is 12.9. The van der Waals surface area contributed by atoms with Gasteiger partial charge in [0.05, 0.1) is 0 Å². The van der Waals surface area contributed by atoms with Gasteiger partial charge in [-0.15, -0.1) is 0 Å². The summed E-state index contributed by atoms with van der Waals surface area (Å²) in [5.41, 5.74) is 0.835. The third-order valence-electron chi connectivity index (χ3n) is 3.80. The number of rotatable bonds is 5. The van der Waals surface area contributed by atoms with Gasteiger partial charge in [-0.3, -0.25) is 4.79 Å². The van der Waals surface area contributed by atoms with Crippen molar-refractivity contribution in [2.45, 2.75) is 19.6 Å². The standard InChI is InChI=1S/C20H18FNO2/c1-14(20(23)22-13-15-9-11-17(21)12-10-15)24-19-8-4-6-16-5-2-3-7-18(16)19/h2-12,14H,13H2,1H3,(H,22,23). The zero-order valence-electron chi connectivity index (χ0n) is 13.3. The second-order valence-corrected chi connectivity index (χ2v) is 5.58. The van der Waals surface area contributed by atoms with Crippen LogP contribution in [-0.4, -0.2) is 12.0 Å². The summed E-state index contributed by atoms with van der Waals surface area (Å²) in [7, 11) is 0. The van der Waals surface area contributed by atoms with E-state index < -0.39 is 6.10 Å². The highest BCUT2D eigenvalue weighted by Gasteiger charge is 2.15. The smallest absolute Gasteiger partial charge is 0.261 e. The van der Waals surface area contributed by atoms with E-state index >= 15 is 0 Å². The van der Waals surface area contributed by atoms with E-state index in [9.17, 15) is 9.18 Å². The molecule has 0 heterocycles. The lowest BCUT2D eigenvalue weighted by atomic mass is 10.1. The number of halogens is 1. The van der Waals surface area contributed by atoms with Crippen LogP contribution >= 0.6 is 0 Å². The molecule has 0 radical (unpaired) electrons. The van der Waals surface area contributed by atoms with Crippen molar-refractivity contribution in [2.24, 2.45) is 0 Å². The van der Waals surface area contributed by atoms with Crippen molar-refractivity contribution in [2.75, 3.05) is 0 Å². The van der Waals surface area contributed by atoms with Gasteiger partial charge >= 0.3 is 0 Å². The fraction of sp³-hybridized carbons (Fsp3) is 0.150. The number of ether oxygens (including phenoxy) is 1. The highest BCUT2D eigenvalue weighted by Crippen LogP contribution is 2.26. The van der Waals surface area contributed by atoms with Crippen LogP contribution in [0.15, 0.2) is 66.7 Å². The molecule has 1 N–H and O–H groups in total. The first-order valence-electron chi connectivity index (χ1n) is 7.80. The molecule has 0 aliphatic heterocycles. The van der Waals surface area contributed by atoms with Gasteiger partial charge in [-0.1, -0.05) is 48.5 Å². The largest absolute Gasteiger partial charge is 0.480 e. The van der Waals surface area contributed by atoms with Crippen LogP contribution in [0, 0.1) is 5.82 Å². The van der Waals surface area contributed by atoms with Crippen LogP contribution in [-0.2, 0) is 11.3 Å². The molecule has 122 valence electrons. The van der Waals surface area contributed by atoms with Crippen LogP contribution in [0.3, 0.4) is 0 Å². The Bertz CT molecular complexity index is 840. The van der Waals surface area contributed by atoms with Crippen molar-refractivity contribution in [3.63, 3.8) is 0 Å². The number of amides is 1. The highest BCUT2D eigenvalue weighted by atomic mass is 19.1. The van der Waals surface area contributed by atoms with Crippen LogP contribution in [0.1, 0.15) is 12.5 Å². The second-order valence-electron chi connectivity index (χ2n) is 5.58. The number of hydrogen-bond acceptors (Lipinski definition) is 2. The Labute approximate surface area is 140 Å². The van der Waals surface area contributed by atoms with E-state index in [1.807, 2.05) is 42.5 Å². The van der Waals surface area contributed by atoms with Gasteiger partial charge in [0, 0.05) is 11.9 Å². The quantitative estimate of drug-likeness (QED) is 0.769. The average Bonchev–Trinajstić information content (AvgIpc) is 2.61. The van der Waals surface area contributed by atoms with Gasteiger partial charge in [0.2, 0.25) is 0 Å². The Kier molecular flexibility index (Phi) is 4.75. The lowest BCUT2D eigenvalue weighted by Crippen LogP contribution is -2.35. The molecule has 0 bridgehead atoms. The molecule has 3 aromatic rings. The van der Waals surface area contributed by atoms with Gasteiger partial charge in [-0.05, 0) is 36.1 Å². The lowest BCUT2D eigenvalue weighted by Gasteiger charge is -2.16. The van der Waals surface area contributed by atoms with E-state index in [-0.39, 0.29) is 11.7 Å². The van der Waals surface area contributed by atoms with E-state index in [0.29, 0.717) is 12.3 Å². The molecule has 24 heavy (non-hydrogen) atoms. The molecule has 1 unspecified atom stereocenters. The van der Waals surface area contributed by atoms with E-state index in [4.69, 9.17) is 4.74 Å². The van der Waals surface area contributed by atoms with Crippen molar-refractivity contribution < 1.29 is 13.9 Å². The topological polar surface area (TPSA) is 38.3 Å². The molecule has 0 aliphatic rings. The van der Waals surface area contributed by atoms with Crippen molar-refractivity contribution in [1.82, 2.24) is 5.32 Å². The predicted molar refractivity (Wildman–Crippen MR) is 92.3 cm³/mol. The zero-order valence-corrected chi connectivity index (χ0v) is 13.3. The second kappa shape index (κ2) is 7.13. The number of carbonyl (C=O) groups excluding carboxylic acids is 1. The average molecular weight is 323 g/mol. The summed E-state index contributed by atoms with van der Waals surface area (Å²) in [5.74, 6) is 0.169. The Morgan fingerprint density at radius 2 is 1.75 bits per heavy atom. The number of fused-ring (bicyclic) bond motifs is 1. The van der Waals surface area contributed by atoms with Crippen LogP contribution < -0.4 is 10.1 Å². The van der Waals surface area contributed by atoms with Crippen molar-refractivity contribution in [3.05, 3.63) is 78.1 Å². The highest BCUT2D eigenvalue weighted by molar-refractivity contribution is 5.89. The molecule has 3 nitrogen and oxygen atoms in total. The summed E-state index contributed by atoms with van der Waals surface area (Å²) in [4.78, 5) is 12.2. The predicted octanol–water partition coefficient (Wildman–Crippen LogP) is 4.06. The van der Waals surface area contributed by atoms with Crippen molar-refractivity contribution in [1.29, 1.82) is 0 Å². The van der Waals surface area contributed by atoms with Gasteiger partial charge in [0.15, 0.2) is 6.10 Å². The normalized spacial score (nSPS) is 11.9. The van der Waals surface area contributed by atoms with Gasteiger partial charge < -0.3 is 10.1 Å². The molecule has 3 aromatic carbocycles. The maximum atomic E-state index is 12.9. The Morgan fingerprint density at radius 3 is 2.54 bits per heavy atom. The number of carbonyl (C=O) groups is 1. The Morgan fingerprint density at radius 1 is 1.04 bits per heavy atom. The van der Waals surface area contributed by atoms with Gasteiger partial charge in [-0.2, -0.15) is 0 Å². The van der Waals surface area contributed by atoms with E-state index in [1.165, 1.54) is 12.1 Å². The van der Waals surface area contributed by atoms with Gasteiger partial charge in [-0.25, -0.2) is 4.39 Å². The Hall–Kier alpha value is -2.88. The Balaban J connectivity index is 1.64. The molecular weight excluding hydrogens is 305 g/mol. The zero-order chi connectivity index (χ0) is 16.9. The minimum Gasteiger partial charge on any atom is -0.480 e. The first-order chi connectivity index (χ1) is 11.6. The summed E-state index contributed by atoms with van der Waals surface area (Å²) >= 11 is 0. The monoisotopic (exact) mass is 323 g/mol. The van der Waals surface area contributed by atoms with E-state index in [1.54, 1.807) is 19.1 Å². The summed E-state index contributed by atoms with van der Waals surface area (Å²) in [5, 5.41) is 4.83. The van der Waals surface area contributed by atoms with Gasteiger partial charge in [0.25, 0.3) is 5.91 Å². The number of hydrogen-bond donors (Lipinski definition) is 1. The fourth-order valence-corrected chi connectivity index (χ4v) is 2.48. The van der Waals surface area contributed by atoms with Gasteiger partial charge in [0.1, 0.15) is 11.6 Å². The minimum absolute atomic E-state index is 0.216. The first-order valence-corrected chi connectivity index (χ1v) is 7.80. The molecular formula is C20H18FNO2. The first kappa shape index (κ1) is 16.0. The van der Waals surface area contributed by atoms with Crippen LogP contribution in [0.4, 0.5) is 4.39 Å². The summed E-state index contributed by atoms with van der Waals surface area (Å²) in [6, 6.07) is 19.7. The summed E-state index contributed by atoms with van der Waals surface area (Å²) < 4.78 is 18.7. The molecule has 1 atom stereocenters. The number of benzene rings is 3.